The fourth-order valence-electron chi connectivity index (χ4n) is 2.86. The third kappa shape index (κ3) is 3.32. The number of amides is 1. The molecule has 1 fully saturated rings. The van der Waals surface area contributed by atoms with Crippen LogP contribution in [0.4, 0.5) is 5.69 Å². The Morgan fingerprint density at radius 3 is 2.84 bits per heavy atom. The largest absolute Gasteiger partial charge is 0.325 e. The van der Waals surface area contributed by atoms with Gasteiger partial charge in [0.1, 0.15) is 0 Å². The van der Waals surface area contributed by atoms with Crippen molar-refractivity contribution in [2.45, 2.75) is 39.5 Å². The third-order valence-electron chi connectivity index (χ3n) is 3.93. The molecule has 0 bridgehead atoms. The Morgan fingerprint density at radius 2 is 2.21 bits per heavy atom. The molecule has 19 heavy (non-hydrogen) atoms. The van der Waals surface area contributed by atoms with Crippen LogP contribution in [0, 0.1) is 12.3 Å². The molecule has 0 aromatic carbocycles. The van der Waals surface area contributed by atoms with Crippen molar-refractivity contribution in [2.75, 3.05) is 18.4 Å². The minimum Gasteiger partial charge on any atom is -0.325 e. The summed E-state index contributed by atoms with van der Waals surface area (Å²) in [6, 6.07) is 3.77. The zero-order valence-electron chi connectivity index (χ0n) is 11.8. The number of carbonyl (C=O) groups excluding carboxylic acids is 1. The number of aromatic nitrogens is 1. The normalized spacial score (nSPS) is 18.0. The summed E-state index contributed by atoms with van der Waals surface area (Å²) in [5, 5.41) is 6.41. The van der Waals surface area contributed by atoms with E-state index in [1.54, 1.807) is 6.20 Å². The number of nitrogens with one attached hydrogen (secondary N) is 2. The van der Waals surface area contributed by atoms with Crippen molar-refractivity contribution in [2.24, 2.45) is 5.41 Å². The molecule has 1 saturated heterocycles. The quantitative estimate of drug-likeness (QED) is 0.875. The first-order valence-electron chi connectivity index (χ1n) is 7.11. The highest BCUT2D eigenvalue weighted by molar-refractivity contribution is 5.95. The molecule has 0 unspecified atom stereocenters. The molecule has 2 rings (SSSR count). The van der Waals surface area contributed by atoms with Crippen LogP contribution in [-0.4, -0.2) is 24.0 Å². The first-order valence-corrected chi connectivity index (χ1v) is 7.11. The van der Waals surface area contributed by atoms with Crippen LogP contribution in [0.2, 0.25) is 0 Å². The van der Waals surface area contributed by atoms with E-state index in [4.69, 9.17) is 0 Å². The van der Waals surface area contributed by atoms with E-state index in [1.165, 1.54) is 0 Å². The number of aryl methyl sites for hydroxylation is 1. The second kappa shape index (κ2) is 6.15. The first-order chi connectivity index (χ1) is 9.16. The molecule has 1 aromatic heterocycles. The van der Waals surface area contributed by atoms with Gasteiger partial charge in [0.2, 0.25) is 5.91 Å². The summed E-state index contributed by atoms with van der Waals surface area (Å²) in [6.45, 7) is 5.95. The zero-order chi connectivity index (χ0) is 13.7. The van der Waals surface area contributed by atoms with Crippen LogP contribution >= 0.6 is 0 Å². The van der Waals surface area contributed by atoms with Crippen LogP contribution in [0.15, 0.2) is 18.3 Å². The molecule has 0 saturated carbocycles. The Bertz CT molecular complexity index is 433. The van der Waals surface area contributed by atoms with Crippen LogP contribution in [-0.2, 0) is 4.79 Å². The van der Waals surface area contributed by atoms with E-state index in [2.05, 4.69) is 22.5 Å². The highest BCUT2D eigenvalue weighted by Gasteiger charge is 2.38. The number of nitrogens with zero attached hydrogens (tertiary/aromatic N) is 1. The lowest BCUT2D eigenvalue weighted by atomic mass is 9.74. The molecule has 4 heteroatoms. The molecule has 0 aliphatic carbocycles. The van der Waals surface area contributed by atoms with E-state index < -0.39 is 0 Å². The molecule has 104 valence electrons. The van der Waals surface area contributed by atoms with Crippen molar-refractivity contribution in [3.05, 3.63) is 24.0 Å². The molecule has 1 aliphatic rings. The topological polar surface area (TPSA) is 54.0 Å². The van der Waals surface area contributed by atoms with Crippen molar-refractivity contribution in [3.8, 4) is 0 Å². The molecule has 1 aliphatic heterocycles. The lowest BCUT2D eigenvalue weighted by Gasteiger charge is -2.36. The van der Waals surface area contributed by atoms with Crippen molar-refractivity contribution in [3.63, 3.8) is 0 Å². The van der Waals surface area contributed by atoms with Gasteiger partial charge >= 0.3 is 0 Å². The van der Waals surface area contributed by atoms with Crippen molar-refractivity contribution in [1.29, 1.82) is 0 Å². The van der Waals surface area contributed by atoms with Gasteiger partial charge in [-0.3, -0.25) is 9.78 Å². The summed E-state index contributed by atoms with van der Waals surface area (Å²) in [6.07, 6.45) is 5.60. The second-order valence-electron chi connectivity index (χ2n) is 5.42. The number of piperidine rings is 1. The second-order valence-corrected chi connectivity index (χ2v) is 5.42. The monoisotopic (exact) mass is 261 g/mol. The van der Waals surface area contributed by atoms with Gasteiger partial charge in [-0.05, 0) is 51.4 Å². The highest BCUT2D eigenvalue weighted by atomic mass is 16.2. The van der Waals surface area contributed by atoms with Crippen LogP contribution < -0.4 is 10.6 Å². The molecule has 4 nitrogen and oxygen atoms in total. The van der Waals surface area contributed by atoms with Crippen LogP contribution in [0.25, 0.3) is 0 Å². The fourth-order valence-corrected chi connectivity index (χ4v) is 2.86. The fraction of sp³-hybridized carbons (Fsp3) is 0.600. The molecular formula is C15H23N3O. The molecule has 0 spiro atoms. The third-order valence-corrected chi connectivity index (χ3v) is 3.93. The molecule has 0 atom stereocenters. The zero-order valence-corrected chi connectivity index (χ0v) is 11.8. The maximum Gasteiger partial charge on any atom is 0.230 e. The lowest BCUT2D eigenvalue weighted by molar-refractivity contribution is -0.127. The van der Waals surface area contributed by atoms with Gasteiger partial charge in [-0.1, -0.05) is 13.3 Å². The SMILES string of the molecule is CCCC1(C(=O)Nc2ccnc(C)c2)CCNCC1. The number of anilines is 1. The van der Waals surface area contributed by atoms with E-state index in [1.807, 2.05) is 19.1 Å². The van der Waals surface area contributed by atoms with Crippen molar-refractivity contribution in [1.82, 2.24) is 10.3 Å². The number of hydrogen-bond donors (Lipinski definition) is 2. The van der Waals surface area contributed by atoms with Crippen LogP contribution in [0.5, 0.6) is 0 Å². The average Bonchev–Trinajstić information content (AvgIpc) is 2.40. The lowest BCUT2D eigenvalue weighted by Crippen LogP contribution is -2.44. The summed E-state index contributed by atoms with van der Waals surface area (Å²) >= 11 is 0. The number of carbonyl (C=O) groups is 1. The van der Waals surface area contributed by atoms with Gasteiger partial charge in [0, 0.05) is 17.6 Å². The minimum atomic E-state index is -0.197. The highest BCUT2D eigenvalue weighted by Crippen LogP contribution is 2.35. The van der Waals surface area contributed by atoms with Crippen molar-refractivity contribution >= 4 is 11.6 Å². The van der Waals surface area contributed by atoms with E-state index in [-0.39, 0.29) is 11.3 Å². The minimum absolute atomic E-state index is 0.168. The predicted molar refractivity (Wildman–Crippen MR) is 77.0 cm³/mol. The Balaban J connectivity index is 2.11. The maximum absolute atomic E-state index is 12.6. The number of rotatable bonds is 4. The molecular weight excluding hydrogens is 238 g/mol. The van der Waals surface area contributed by atoms with E-state index in [0.717, 1.165) is 50.2 Å². The predicted octanol–water partition coefficient (Wildman–Crippen LogP) is 2.50. The molecule has 1 amide bonds. The first kappa shape index (κ1) is 14.0. The average molecular weight is 261 g/mol. The van der Waals surface area contributed by atoms with E-state index in [9.17, 15) is 4.79 Å². The van der Waals surface area contributed by atoms with E-state index >= 15 is 0 Å². The van der Waals surface area contributed by atoms with E-state index in [0.29, 0.717) is 0 Å². The Kier molecular flexibility index (Phi) is 4.53. The summed E-state index contributed by atoms with van der Waals surface area (Å²) in [5.41, 5.74) is 1.58. The molecule has 2 heterocycles. The van der Waals surface area contributed by atoms with Gasteiger partial charge < -0.3 is 10.6 Å². The van der Waals surface area contributed by atoms with Crippen LogP contribution in [0.1, 0.15) is 38.3 Å². The van der Waals surface area contributed by atoms with Crippen LogP contribution in [0.3, 0.4) is 0 Å². The Labute approximate surface area is 115 Å². The van der Waals surface area contributed by atoms with Gasteiger partial charge in [-0.2, -0.15) is 0 Å². The van der Waals surface area contributed by atoms with Gasteiger partial charge in [0.25, 0.3) is 0 Å². The Morgan fingerprint density at radius 1 is 1.47 bits per heavy atom. The summed E-state index contributed by atoms with van der Waals surface area (Å²) in [4.78, 5) is 16.8. The molecule has 0 radical (unpaired) electrons. The number of hydrogen-bond acceptors (Lipinski definition) is 3. The summed E-state index contributed by atoms with van der Waals surface area (Å²) in [7, 11) is 0. The van der Waals surface area contributed by atoms with Gasteiger partial charge in [-0.15, -0.1) is 0 Å². The van der Waals surface area contributed by atoms with Gasteiger partial charge in [0.05, 0.1) is 5.41 Å². The molecule has 1 aromatic rings. The van der Waals surface area contributed by atoms with Gasteiger partial charge in [-0.25, -0.2) is 0 Å². The standard InChI is InChI=1S/C15H23N3O/c1-3-5-15(6-9-16-10-7-15)14(19)18-13-4-8-17-12(2)11-13/h4,8,11,16H,3,5-7,9-10H2,1-2H3,(H,17,18,19). The molecule has 2 N–H and O–H groups in total. The maximum atomic E-state index is 12.6. The van der Waals surface area contributed by atoms with Crippen molar-refractivity contribution < 1.29 is 4.79 Å². The van der Waals surface area contributed by atoms with Gasteiger partial charge in [0.15, 0.2) is 0 Å². The summed E-state index contributed by atoms with van der Waals surface area (Å²) in [5.74, 6) is 0.168. The Hall–Kier alpha value is -1.42. The number of pyridine rings is 1. The smallest absolute Gasteiger partial charge is 0.230 e. The summed E-state index contributed by atoms with van der Waals surface area (Å²) < 4.78 is 0.